The summed E-state index contributed by atoms with van der Waals surface area (Å²) in [5, 5.41) is 4.58. The van der Waals surface area contributed by atoms with Crippen LogP contribution in [0.5, 0.6) is 0 Å². The summed E-state index contributed by atoms with van der Waals surface area (Å²) >= 11 is 0. The number of aromatic nitrogens is 1. The first-order valence-electron chi connectivity index (χ1n) is 22.0. The quantitative estimate of drug-likeness (QED) is 0.160. The van der Waals surface area contributed by atoms with Crippen LogP contribution in [0.15, 0.2) is 247 Å². The van der Waals surface area contributed by atoms with Crippen LogP contribution in [0.3, 0.4) is 0 Å². The fraction of sp³-hybridized carbons (Fsp3) is 0.0164. The molecule has 2 heterocycles. The van der Waals surface area contributed by atoms with Crippen LogP contribution in [-0.2, 0) is 5.41 Å². The molecule has 64 heavy (non-hydrogen) atoms. The van der Waals surface area contributed by atoms with Gasteiger partial charge < -0.3 is 13.9 Å². The van der Waals surface area contributed by atoms with E-state index in [0.717, 1.165) is 66.8 Å². The fourth-order valence-electron chi connectivity index (χ4n) is 10.8. The van der Waals surface area contributed by atoms with Gasteiger partial charge in [0.05, 0.1) is 27.8 Å². The highest BCUT2D eigenvalue weighted by molar-refractivity contribution is 6.17. The van der Waals surface area contributed by atoms with E-state index in [1.807, 2.05) is 12.1 Å². The van der Waals surface area contributed by atoms with E-state index in [2.05, 4.69) is 240 Å². The van der Waals surface area contributed by atoms with Crippen LogP contribution < -0.4 is 4.90 Å². The van der Waals surface area contributed by atoms with Crippen molar-refractivity contribution in [2.45, 2.75) is 5.41 Å². The molecule has 10 aromatic carbocycles. The van der Waals surface area contributed by atoms with Gasteiger partial charge in [0.15, 0.2) is 0 Å². The van der Waals surface area contributed by atoms with Crippen molar-refractivity contribution in [1.29, 1.82) is 0 Å². The van der Waals surface area contributed by atoms with Gasteiger partial charge in [-0.3, -0.25) is 0 Å². The van der Waals surface area contributed by atoms with Gasteiger partial charge in [-0.25, -0.2) is 0 Å². The number of benzene rings is 10. The van der Waals surface area contributed by atoms with Crippen molar-refractivity contribution >= 4 is 60.8 Å². The lowest BCUT2D eigenvalue weighted by molar-refractivity contribution is 0.669. The molecule has 0 unspecified atom stereocenters. The Morgan fingerprint density at radius 2 is 0.969 bits per heavy atom. The number of rotatable bonds is 7. The standard InChI is InChI=1S/C61H40N2O/c1-4-19-41(20-5-1)46-25-11-15-30-54(46)63(45-35-37-48-47-26-10-14-29-52(47)61(53(48)40-45,42-21-6-2-7-22-42)43-23-8-3-9-24-43)57-33-18-32-56-60(57)50-28-12-16-31-55(50)62(56)44-36-38-59-51(39-44)49-27-13-17-34-58(49)64-59/h1-40H. The molecule has 1 aliphatic carbocycles. The molecule has 3 heteroatoms. The molecule has 0 radical (unpaired) electrons. The lowest BCUT2D eigenvalue weighted by Crippen LogP contribution is -2.28. The molecule has 0 saturated heterocycles. The molecule has 3 nitrogen and oxygen atoms in total. The van der Waals surface area contributed by atoms with E-state index < -0.39 is 5.41 Å². The Bertz CT molecular complexity index is 3690. The van der Waals surface area contributed by atoms with Crippen LogP contribution in [0, 0.1) is 0 Å². The first-order valence-corrected chi connectivity index (χ1v) is 22.0. The molecule has 0 atom stereocenters. The van der Waals surface area contributed by atoms with Crippen molar-refractivity contribution in [2.24, 2.45) is 0 Å². The van der Waals surface area contributed by atoms with Gasteiger partial charge in [-0.2, -0.15) is 0 Å². The number of nitrogens with zero attached hydrogens (tertiary/aromatic N) is 2. The fourth-order valence-corrected chi connectivity index (χ4v) is 10.8. The third-order valence-corrected chi connectivity index (χ3v) is 13.5. The summed E-state index contributed by atoms with van der Waals surface area (Å²) in [4.78, 5) is 2.51. The van der Waals surface area contributed by atoms with Gasteiger partial charge in [-0.05, 0) is 99.6 Å². The van der Waals surface area contributed by atoms with Crippen LogP contribution >= 0.6 is 0 Å². The van der Waals surface area contributed by atoms with Gasteiger partial charge in [-0.1, -0.05) is 182 Å². The second kappa shape index (κ2) is 14.3. The van der Waals surface area contributed by atoms with E-state index in [0.29, 0.717) is 0 Å². The maximum Gasteiger partial charge on any atom is 0.135 e. The van der Waals surface area contributed by atoms with Crippen LogP contribution in [0.4, 0.5) is 17.1 Å². The molecular formula is C61H40N2O. The molecule has 300 valence electrons. The average molecular weight is 817 g/mol. The molecule has 0 N–H and O–H groups in total. The largest absolute Gasteiger partial charge is 0.456 e. The van der Waals surface area contributed by atoms with Crippen molar-refractivity contribution in [1.82, 2.24) is 4.57 Å². The monoisotopic (exact) mass is 816 g/mol. The molecule has 0 fully saturated rings. The lowest BCUT2D eigenvalue weighted by atomic mass is 9.67. The zero-order chi connectivity index (χ0) is 42.2. The zero-order valence-electron chi connectivity index (χ0n) is 34.9. The number of fused-ring (bicyclic) bond motifs is 9. The summed E-state index contributed by atoms with van der Waals surface area (Å²) in [5.41, 5.74) is 17.8. The third-order valence-electron chi connectivity index (χ3n) is 13.5. The summed E-state index contributed by atoms with van der Waals surface area (Å²) in [6, 6.07) is 88.5. The number of hydrogen-bond acceptors (Lipinski definition) is 2. The van der Waals surface area contributed by atoms with Crippen molar-refractivity contribution in [3.63, 3.8) is 0 Å². The number of anilines is 3. The van der Waals surface area contributed by atoms with Gasteiger partial charge in [0, 0.05) is 38.5 Å². The summed E-state index contributed by atoms with van der Waals surface area (Å²) in [6.45, 7) is 0. The second-order valence-electron chi connectivity index (χ2n) is 16.8. The summed E-state index contributed by atoms with van der Waals surface area (Å²) in [7, 11) is 0. The van der Waals surface area contributed by atoms with Gasteiger partial charge in [0.1, 0.15) is 11.2 Å². The predicted octanol–water partition coefficient (Wildman–Crippen LogP) is 16.2. The topological polar surface area (TPSA) is 21.3 Å². The van der Waals surface area contributed by atoms with Gasteiger partial charge in [0.25, 0.3) is 0 Å². The molecule has 2 aromatic heterocycles. The number of para-hydroxylation sites is 3. The minimum absolute atomic E-state index is 0.549. The maximum absolute atomic E-state index is 6.30. The predicted molar refractivity (Wildman–Crippen MR) is 265 cm³/mol. The molecule has 0 spiro atoms. The van der Waals surface area contributed by atoms with Crippen molar-refractivity contribution in [3.8, 4) is 27.9 Å². The molecule has 0 aliphatic heterocycles. The van der Waals surface area contributed by atoms with Gasteiger partial charge in [-0.15, -0.1) is 0 Å². The van der Waals surface area contributed by atoms with Crippen molar-refractivity contribution in [3.05, 3.63) is 265 Å². The molecule has 0 saturated carbocycles. The average Bonchev–Trinajstić information content (AvgIpc) is 4.01. The zero-order valence-corrected chi connectivity index (χ0v) is 34.9. The smallest absolute Gasteiger partial charge is 0.135 e. The number of furan rings is 1. The van der Waals surface area contributed by atoms with E-state index in [4.69, 9.17) is 4.42 Å². The highest BCUT2D eigenvalue weighted by Crippen LogP contribution is 2.58. The first-order chi connectivity index (χ1) is 31.8. The van der Waals surface area contributed by atoms with Crippen molar-refractivity contribution in [2.75, 3.05) is 4.90 Å². The molecule has 0 bridgehead atoms. The summed E-state index contributed by atoms with van der Waals surface area (Å²) in [6.07, 6.45) is 0. The first kappa shape index (κ1) is 36.3. The highest BCUT2D eigenvalue weighted by Gasteiger charge is 2.46. The Morgan fingerprint density at radius 3 is 1.77 bits per heavy atom. The minimum atomic E-state index is -0.549. The summed E-state index contributed by atoms with van der Waals surface area (Å²) < 4.78 is 8.73. The second-order valence-corrected chi connectivity index (χ2v) is 16.8. The normalized spacial score (nSPS) is 12.8. The Labute approximate surface area is 371 Å². The maximum atomic E-state index is 6.30. The Hall–Kier alpha value is -8.40. The van der Waals surface area contributed by atoms with Crippen molar-refractivity contribution < 1.29 is 4.42 Å². The van der Waals surface area contributed by atoms with Gasteiger partial charge in [0.2, 0.25) is 0 Å². The molecule has 13 rings (SSSR count). The van der Waals surface area contributed by atoms with Crippen LogP contribution in [0.1, 0.15) is 22.3 Å². The third kappa shape index (κ3) is 5.28. The van der Waals surface area contributed by atoms with Gasteiger partial charge >= 0.3 is 0 Å². The van der Waals surface area contributed by atoms with E-state index >= 15 is 0 Å². The van der Waals surface area contributed by atoms with E-state index in [1.165, 1.54) is 44.2 Å². The van der Waals surface area contributed by atoms with Crippen LogP contribution in [0.25, 0.3) is 71.7 Å². The highest BCUT2D eigenvalue weighted by atomic mass is 16.3. The molecule has 1 aliphatic rings. The van der Waals surface area contributed by atoms with E-state index in [9.17, 15) is 0 Å². The molecule has 0 amide bonds. The van der Waals surface area contributed by atoms with Crippen LogP contribution in [-0.4, -0.2) is 4.57 Å². The SMILES string of the molecule is c1ccc(-c2ccccc2N(c2ccc3c(c2)C(c2ccccc2)(c2ccccc2)c2ccccc2-3)c2cccc3c2c2ccccc2n3-c2ccc3oc4ccccc4c3c2)cc1. The Morgan fingerprint density at radius 1 is 0.375 bits per heavy atom. The molecule has 12 aromatic rings. The Balaban J connectivity index is 1.12. The lowest BCUT2D eigenvalue weighted by Gasteiger charge is -2.35. The summed E-state index contributed by atoms with van der Waals surface area (Å²) in [5.74, 6) is 0. The molecular weight excluding hydrogens is 777 g/mol. The minimum Gasteiger partial charge on any atom is -0.456 e. The van der Waals surface area contributed by atoms with Crippen LogP contribution in [0.2, 0.25) is 0 Å². The van der Waals surface area contributed by atoms with E-state index in [1.54, 1.807) is 0 Å². The Kier molecular flexibility index (Phi) is 8.13. The van der Waals surface area contributed by atoms with E-state index in [-0.39, 0.29) is 0 Å². The number of hydrogen-bond donors (Lipinski definition) is 0.